The number of carbonyl (C=O) groups is 1. The van der Waals surface area contributed by atoms with Gasteiger partial charge in [-0.1, -0.05) is 0 Å². The summed E-state index contributed by atoms with van der Waals surface area (Å²) in [5.41, 5.74) is 13.5. The van der Waals surface area contributed by atoms with E-state index in [0.717, 1.165) is 5.69 Å². The molecular weight excluding hydrogens is 204 g/mol. The van der Waals surface area contributed by atoms with Gasteiger partial charge in [0.15, 0.2) is 0 Å². The number of nitrogens with one attached hydrogen (secondary N) is 1. The van der Waals surface area contributed by atoms with Crippen LogP contribution in [0.25, 0.3) is 0 Å². The molecule has 5 nitrogen and oxygen atoms in total. The second-order valence-corrected chi connectivity index (χ2v) is 3.92. The molecule has 88 valence electrons. The minimum Gasteiger partial charge on any atom is -0.381 e. The van der Waals surface area contributed by atoms with Crippen LogP contribution in [0.1, 0.15) is 28.7 Å². The number of aryl methyl sites for hydroxylation is 2. The van der Waals surface area contributed by atoms with Gasteiger partial charge in [-0.15, -0.1) is 0 Å². The zero-order valence-corrected chi connectivity index (χ0v) is 9.87. The Morgan fingerprint density at radius 2 is 2.19 bits per heavy atom. The number of carbonyl (C=O) groups excluding carboxylic acids is 1. The summed E-state index contributed by atoms with van der Waals surface area (Å²) in [4.78, 5) is 15.6. The van der Waals surface area contributed by atoms with Crippen LogP contribution in [-0.4, -0.2) is 23.5 Å². The van der Waals surface area contributed by atoms with Crippen LogP contribution >= 0.6 is 0 Å². The third kappa shape index (κ3) is 2.70. The first-order valence-electron chi connectivity index (χ1n) is 5.20. The monoisotopic (exact) mass is 222 g/mol. The summed E-state index contributed by atoms with van der Waals surface area (Å²) >= 11 is 0. The van der Waals surface area contributed by atoms with Crippen molar-refractivity contribution >= 4 is 11.6 Å². The van der Waals surface area contributed by atoms with Gasteiger partial charge in [0.05, 0.1) is 16.9 Å². The summed E-state index contributed by atoms with van der Waals surface area (Å²) in [6.07, 6.45) is 0. The van der Waals surface area contributed by atoms with Gasteiger partial charge in [0, 0.05) is 18.3 Å². The minimum atomic E-state index is -0.475. The predicted molar refractivity (Wildman–Crippen MR) is 64.4 cm³/mol. The maximum Gasteiger partial charge on any atom is 0.252 e. The number of rotatable bonds is 4. The fourth-order valence-electron chi connectivity index (χ4n) is 1.58. The molecule has 0 radical (unpaired) electrons. The fourth-order valence-corrected chi connectivity index (χ4v) is 1.58. The van der Waals surface area contributed by atoms with Gasteiger partial charge in [-0.3, -0.25) is 9.78 Å². The number of nitrogens with zero attached hydrogens (tertiary/aromatic N) is 1. The summed E-state index contributed by atoms with van der Waals surface area (Å²) in [5.74, 6) is -0.475. The highest BCUT2D eigenvalue weighted by molar-refractivity contribution is 5.99. The standard InChI is InChI=1S/C11H18N4O/c1-6-4-9(15-7(2)5-12)10(11(13)16)8(3)14-6/h4,7H,5,12H2,1-3H3,(H2,13,16)(H,14,15). The van der Waals surface area contributed by atoms with E-state index in [0.29, 0.717) is 23.5 Å². The molecule has 1 amide bonds. The topological polar surface area (TPSA) is 94.0 Å². The van der Waals surface area contributed by atoms with Gasteiger partial charge >= 0.3 is 0 Å². The van der Waals surface area contributed by atoms with Gasteiger partial charge in [0.1, 0.15) is 0 Å². The quantitative estimate of drug-likeness (QED) is 0.693. The average molecular weight is 222 g/mol. The van der Waals surface area contributed by atoms with Crippen LogP contribution in [-0.2, 0) is 0 Å². The lowest BCUT2D eigenvalue weighted by Gasteiger charge is -2.17. The molecule has 1 atom stereocenters. The molecule has 16 heavy (non-hydrogen) atoms. The Hall–Kier alpha value is -1.62. The third-order valence-corrected chi connectivity index (χ3v) is 2.33. The van der Waals surface area contributed by atoms with E-state index in [2.05, 4.69) is 10.3 Å². The number of amides is 1. The molecule has 5 heteroatoms. The van der Waals surface area contributed by atoms with Crippen molar-refractivity contribution < 1.29 is 4.79 Å². The van der Waals surface area contributed by atoms with E-state index in [1.54, 1.807) is 13.0 Å². The Morgan fingerprint density at radius 3 is 2.69 bits per heavy atom. The average Bonchev–Trinajstić information content (AvgIpc) is 2.15. The number of aromatic nitrogens is 1. The van der Waals surface area contributed by atoms with Gasteiger partial charge in [-0.05, 0) is 26.8 Å². The zero-order chi connectivity index (χ0) is 12.3. The summed E-state index contributed by atoms with van der Waals surface area (Å²) in [7, 11) is 0. The van der Waals surface area contributed by atoms with E-state index in [1.165, 1.54) is 0 Å². The molecular formula is C11H18N4O. The maximum atomic E-state index is 11.3. The van der Waals surface area contributed by atoms with E-state index < -0.39 is 5.91 Å². The summed E-state index contributed by atoms with van der Waals surface area (Å²) in [5, 5.41) is 3.16. The molecule has 0 spiro atoms. The summed E-state index contributed by atoms with van der Waals surface area (Å²) in [6.45, 7) is 6.07. The predicted octanol–water partition coefficient (Wildman–Crippen LogP) is 0.556. The highest BCUT2D eigenvalue weighted by atomic mass is 16.1. The molecule has 0 aliphatic carbocycles. The Kier molecular flexibility index (Phi) is 3.84. The lowest BCUT2D eigenvalue weighted by molar-refractivity contribution is 0.1000. The lowest BCUT2D eigenvalue weighted by atomic mass is 10.1. The second kappa shape index (κ2) is 4.94. The number of hydrogen-bond donors (Lipinski definition) is 3. The van der Waals surface area contributed by atoms with Gasteiger partial charge in [-0.25, -0.2) is 0 Å². The van der Waals surface area contributed by atoms with Gasteiger partial charge in [-0.2, -0.15) is 0 Å². The molecule has 0 fully saturated rings. The normalized spacial score (nSPS) is 12.2. The molecule has 0 aliphatic rings. The summed E-state index contributed by atoms with van der Waals surface area (Å²) in [6, 6.07) is 1.89. The Bertz CT molecular complexity index is 403. The first-order chi connectivity index (χ1) is 7.45. The zero-order valence-electron chi connectivity index (χ0n) is 9.87. The number of anilines is 1. The molecule has 1 aromatic rings. The van der Waals surface area contributed by atoms with Crippen molar-refractivity contribution in [1.29, 1.82) is 0 Å². The highest BCUT2D eigenvalue weighted by Gasteiger charge is 2.14. The lowest BCUT2D eigenvalue weighted by Crippen LogP contribution is -2.27. The first kappa shape index (κ1) is 12.4. The minimum absolute atomic E-state index is 0.0827. The molecule has 1 rings (SSSR count). The van der Waals surface area contributed by atoms with Crippen molar-refractivity contribution in [3.05, 3.63) is 23.0 Å². The highest BCUT2D eigenvalue weighted by Crippen LogP contribution is 2.19. The van der Waals surface area contributed by atoms with Gasteiger partial charge in [0.2, 0.25) is 0 Å². The third-order valence-electron chi connectivity index (χ3n) is 2.33. The van der Waals surface area contributed by atoms with E-state index >= 15 is 0 Å². The molecule has 0 aliphatic heterocycles. The summed E-state index contributed by atoms with van der Waals surface area (Å²) < 4.78 is 0. The molecule has 0 aromatic carbocycles. The molecule has 1 heterocycles. The Morgan fingerprint density at radius 1 is 1.56 bits per heavy atom. The second-order valence-electron chi connectivity index (χ2n) is 3.92. The molecule has 1 aromatic heterocycles. The molecule has 0 bridgehead atoms. The fraction of sp³-hybridized carbons (Fsp3) is 0.455. The van der Waals surface area contributed by atoms with E-state index in [1.807, 2.05) is 13.8 Å². The van der Waals surface area contributed by atoms with Crippen molar-refractivity contribution in [2.24, 2.45) is 11.5 Å². The van der Waals surface area contributed by atoms with Crippen LogP contribution in [0.2, 0.25) is 0 Å². The number of nitrogens with two attached hydrogens (primary N) is 2. The largest absolute Gasteiger partial charge is 0.381 e. The van der Waals surface area contributed by atoms with E-state index in [4.69, 9.17) is 11.5 Å². The van der Waals surface area contributed by atoms with Crippen molar-refractivity contribution in [1.82, 2.24) is 4.98 Å². The van der Waals surface area contributed by atoms with Crippen LogP contribution in [0.15, 0.2) is 6.07 Å². The van der Waals surface area contributed by atoms with Crippen LogP contribution in [0.5, 0.6) is 0 Å². The Labute approximate surface area is 95.2 Å². The first-order valence-corrected chi connectivity index (χ1v) is 5.20. The van der Waals surface area contributed by atoms with Crippen LogP contribution in [0.3, 0.4) is 0 Å². The number of pyridine rings is 1. The molecule has 0 saturated heterocycles. The van der Waals surface area contributed by atoms with Crippen molar-refractivity contribution in [3.63, 3.8) is 0 Å². The Balaban J connectivity index is 3.19. The van der Waals surface area contributed by atoms with Crippen LogP contribution in [0, 0.1) is 13.8 Å². The number of primary amides is 1. The van der Waals surface area contributed by atoms with Crippen molar-refractivity contribution in [3.8, 4) is 0 Å². The van der Waals surface area contributed by atoms with Crippen molar-refractivity contribution in [2.75, 3.05) is 11.9 Å². The maximum absolute atomic E-state index is 11.3. The molecule has 5 N–H and O–H groups in total. The van der Waals surface area contributed by atoms with Crippen LogP contribution in [0.4, 0.5) is 5.69 Å². The smallest absolute Gasteiger partial charge is 0.252 e. The molecule has 1 unspecified atom stereocenters. The number of hydrogen-bond acceptors (Lipinski definition) is 4. The van der Waals surface area contributed by atoms with Gasteiger partial charge in [0.25, 0.3) is 5.91 Å². The van der Waals surface area contributed by atoms with Gasteiger partial charge < -0.3 is 16.8 Å². The SMILES string of the molecule is Cc1cc(NC(C)CN)c(C(N)=O)c(C)n1. The van der Waals surface area contributed by atoms with Crippen molar-refractivity contribution in [2.45, 2.75) is 26.8 Å². The van der Waals surface area contributed by atoms with E-state index in [9.17, 15) is 4.79 Å². The van der Waals surface area contributed by atoms with E-state index in [-0.39, 0.29) is 6.04 Å². The molecule has 0 saturated carbocycles. The van der Waals surface area contributed by atoms with Crippen LogP contribution < -0.4 is 16.8 Å².